The summed E-state index contributed by atoms with van der Waals surface area (Å²) in [6.45, 7) is 4.36. The second kappa shape index (κ2) is 7.72. The van der Waals surface area contributed by atoms with Gasteiger partial charge in [-0.3, -0.25) is 9.79 Å². The third-order valence-corrected chi connectivity index (χ3v) is 5.07. The van der Waals surface area contributed by atoms with Crippen LogP contribution in [-0.2, 0) is 4.79 Å². The molecule has 2 aromatic carbocycles. The quantitative estimate of drug-likeness (QED) is 0.673. The van der Waals surface area contributed by atoms with Gasteiger partial charge in [0.15, 0.2) is 5.76 Å². The van der Waals surface area contributed by atoms with E-state index in [0.29, 0.717) is 17.4 Å². The van der Waals surface area contributed by atoms with Crippen LogP contribution < -0.4 is 10.5 Å². The number of benzene rings is 2. The van der Waals surface area contributed by atoms with E-state index in [2.05, 4.69) is 5.16 Å². The van der Waals surface area contributed by atoms with Gasteiger partial charge in [0.25, 0.3) is 0 Å². The molecule has 1 aliphatic heterocycles. The molecule has 1 amide bonds. The van der Waals surface area contributed by atoms with E-state index in [1.165, 1.54) is 0 Å². The minimum atomic E-state index is -0.572. The van der Waals surface area contributed by atoms with E-state index in [1.807, 2.05) is 56.3 Å². The average molecular weight is 410 g/mol. The molecule has 0 spiro atoms. The van der Waals surface area contributed by atoms with Gasteiger partial charge >= 0.3 is 0 Å². The highest BCUT2D eigenvalue weighted by Gasteiger charge is 2.31. The topological polar surface area (TPSA) is 90.7 Å². The molecule has 1 aromatic heterocycles. The maximum Gasteiger partial charge on any atom is 0.220 e. The first kappa shape index (κ1) is 19.2. The van der Waals surface area contributed by atoms with Gasteiger partial charge in [-0.25, -0.2) is 0 Å². The van der Waals surface area contributed by atoms with Gasteiger partial charge in [-0.15, -0.1) is 0 Å². The van der Waals surface area contributed by atoms with Crippen LogP contribution in [0.3, 0.4) is 0 Å². The van der Waals surface area contributed by atoms with Gasteiger partial charge in [-0.1, -0.05) is 28.9 Å². The Morgan fingerprint density at radius 1 is 1.21 bits per heavy atom. The molecule has 0 radical (unpaired) electrons. The predicted octanol–water partition coefficient (Wildman–Crippen LogP) is 4.47. The molecule has 3 aromatic rings. The number of rotatable bonds is 5. The number of carbonyl (C=O) groups excluding carboxylic acids is 1. The van der Waals surface area contributed by atoms with Crippen LogP contribution in [0.4, 0.5) is 0 Å². The van der Waals surface area contributed by atoms with E-state index in [0.717, 1.165) is 39.4 Å². The van der Waals surface area contributed by atoms with E-state index in [9.17, 15) is 4.79 Å². The number of nitrogens with zero attached hydrogens (tertiary/aromatic N) is 2. The normalized spacial score (nSPS) is 15.1. The fourth-order valence-electron chi connectivity index (χ4n) is 3.59. The van der Waals surface area contributed by atoms with Crippen LogP contribution in [0.1, 0.15) is 42.0 Å². The van der Waals surface area contributed by atoms with E-state index in [-0.39, 0.29) is 6.42 Å². The van der Waals surface area contributed by atoms with Crippen LogP contribution in [0, 0.1) is 6.92 Å². The highest BCUT2D eigenvalue weighted by atomic mass is 35.5. The molecular formula is C22H20ClN3O3. The van der Waals surface area contributed by atoms with Gasteiger partial charge in [0, 0.05) is 16.1 Å². The van der Waals surface area contributed by atoms with Crippen LogP contribution in [-0.4, -0.2) is 23.4 Å². The number of nitrogens with two attached hydrogens (primary N) is 1. The van der Waals surface area contributed by atoms with Crippen LogP contribution in [0.2, 0.25) is 5.02 Å². The number of fused-ring (bicyclic) bond motifs is 3. The van der Waals surface area contributed by atoms with E-state index < -0.39 is 11.9 Å². The molecular weight excluding hydrogens is 390 g/mol. The third-order valence-electron chi connectivity index (χ3n) is 4.82. The predicted molar refractivity (Wildman–Crippen MR) is 111 cm³/mol. The highest BCUT2D eigenvalue weighted by Crippen LogP contribution is 2.41. The van der Waals surface area contributed by atoms with Crippen molar-refractivity contribution in [2.75, 3.05) is 6.61 Å². The van der Waals surface area contributed by atoms with Crippen molar-refractivity contribution in [2.24, 2.45) is 10.7 Å². The lowest BCUT2D eigenvalue weighted by Gasteiger charge is -2.13. The van der Waals surface area contributed by atoms with Crippen molar-refractivity contribution in [3.05, 3.63) is 70.1 Å². The van der Waals surface area contributed by atoms with Gasteiger partial charge in [-0.2, -0.15) is 0 Å². The molecule has 29 heavy (non-hydrogen) atoms. The van der Waals surface area contributed by atoms with Crippen molar-refractivity contribution in [3.8, 4) is 16.9 Å². The number of ether oxygens (including phenoxy) is 1. The number of primary amides is 1. The molecule has 0 unspecified atom stereocenters. The molecule has 0 saturated heterocycles. The van der Waals surface area contributed by atoms with Crippen molar-refractivity contribution >= 4 is 23.2 Å². The zero-order chi connectivity index (χ0) is 20.5. The maximum absolute atomic E-state index is 11.7. The molecule has 0 fully saturated rings. The molecule has 1 aliphatic rings. The molecule has 0 saturated carbocycles. The lowest BCUT2D eigenvalue weighted by atomic mass is 9.92. The third kappa shape index (κ3) is 3.63. The smallest absolute Gasteiger partial charge is 0.220 e. The van der Waals surface area contributed by atoms with E-state index in [1.54, 1.807) is 0 Å². The molecule has 0 aliphatic carbocycles. The summed E-state index contributed by atoms with van der Waals surface area (Å²) in [5.41, 5.74) is 10.4. The molecule has 4 rings (SSSR count). The minimum absolute atomic E-state index is 0.0189. The van der Waals surface area contributed by atoms with Gasteiger partial charge in [0.1, 0.15) is 11.8 Å². The van der Waals surface area contributed by atoms with E-state index in [4.69, 9.17) is 31.6 Å². The van der Waals surface area contributed by atoms with E-state index >= 15 is 0 Å². The molecule has 1 atom stereocenters. The Labute approximate surface area is 173 Å². The first-order valence-corrected chi connectivity index (χ1v) is 9.71. The second-order valence-corrected chi connectivity index (χ2v) is 7.25. The zero-order valence-electron chi connectivity index (χ0n) is 16.1. The van der Waals surface area contributed by atoms with Crippen molar-refractivity contribution in [1.82, 2.24) is 5.16 Å². The lowest BCUT2D eigenvalue weighted by molar-refractivity contribution is -0.118. The van der Waals surface area contributed by atoms with Crippen LogP contribution in [0.5, 0.6) is 5.75 Å². The SMILES string of the molecule is CCOc1ccc2c(c1)C(c1ccc(Cl)cc1)=N[C@@H](CC(N)=O)c1onc(C)c1-2. The number of aryl methyl sites for hydroxylation is 1. The first-order valence-electron chi connectivity index (χ1n) is 9.33. The van der Waals surface area contributed by atoms with Crippen molar-refractivity contribution in [1.29, 1.82) is 0 Å². The number of halogens is 1. The summed E-state index contributed by atoms with van der Waals surface area (Å²) in [6, 6.07) is 12.7. The molecule has 7 heteroatoms. The number of amides is 1. The average Bonchev–Trinajstić information content (AvgIpc) is 3.01. The van der Waals surface area contributed by atoms with Crippen LogP contribution in [0.25, 0.3) is 11.1 Å². The standard InChI is InChI=1S/C22H20ClN3O3/c1-3-28-15-8-9-16-17(10-15)21(13-4-6-14(23)7-5-13)25-18(11-19(24)27)22-20(16)12(2)26-29-22/h4-10,18H,3,11H2,1-2H3,(H2,24,27)/t18-/m0/s1. The lowest BCUT2D eigenvalue weighted by Crippen LogP contribution is -2.15. The maximum atomic E-state index is 11.7. The largest absolute Gasteiger partial charge is 0.494 e. The van der Waals surface area contributed by atoms with Gasteiger partial charge < -0.3 is 15.0 Å². The molecule has 2 heterocycles. The van der Waals surface area contributed by atoms with Crippen molar-refractivity contribution in [3.63, 3.8) is 0 Å². The zero-order valence-corrected chi connectivity index (χ0v) is 16.9. The summed E-state index contributed by atoms with van der Waals surface area (Å²) in [7, 11) is 0. The molecule has 2 N–H and O–H groups in total. The second-order valence-electron chi connectivity index (χ2n) is 6.82. The van der Waals surface area contributed by atoms with Crippen LogP contribution >= 0.6 is 11.6 Å². The molecule has 0 bridgehead atoms. The Morgan fingerprint density at radius 2 is 1.97 bits per heavy atom. The van der Waals surface area contributed by atoms with Gasteiger partial charge in [0.2, 0.25) is 5.91 Å². The summed E-state index contributed by atoms with van der Waals surface area (Å²) in [5, 5.41) is 4.75. The van der Waals surface area contributed by atoms with Crippen molar-refractivity contribution < 1.29 is 14.1 Å². The Balaban J connectivity index is 2.00. The van der Waals surface area contributed by atoms with Gasteiger partial charge in [-0.05, 0) is 49.7 Å². The summed E-state index contributed by atoms with van der Waals surface area (Å²) < 4.78 is 11.3. The summed E-state index contributed by atoms with van der Waals surface area (Å²) in [4.78, 5) is 16.6. The fourth-order valence-corrected chi connectivity index (χ4v) is 3.71. The molecule has 6 nitrogen and oxygen atoms in total. The minimum Gasteiger partial charge on any atom is -0.494 e. The summed E-state index contributed by atoms with van der Waals surface area (Å²) in [5.74, 6) is 0.808. The Kier molecular flexibility index (Phi) is 5.11. The monoisotopic (exact) mass is 409 g/mol. The Bertz CT molecular complexity index is 1100. The number of carbonyl (C=O) groups is 1. The summed E-state index contributed by atoms with van der Waals surface area (Å²) >= 11 is 6.08. The van der Waals surface area contributed by atoms with Crippen LogP contribution in [0.15, 0.2) is 52.0 Å². The van der Waals surface area contributed by atoms with Gasteiger partial charge in [0.05, 0.1) is 30.0 Å². The summed E-state index contributed by atoms with van der Waals surface area (Å²) in [6.07, 6.45) is 0.0189. The number of hydrogen-bond donors (Lipinski definition) is 1. The highest BCUT2D eigenvalue weighted by molar-refractivity contribution is 6.30. The fraction of sp³-hybridized carbons (Fsp3) is 0.227. The molecule has 148 valence electrons. The Hall–Kier alpha value is -3.12. The number of aliphatic imine (C=N–C) groups is 1. The number of aromatic nitrogens is 1. The van der Waals surface area contributed by atoms with Crippen molar-refractivity contribution in [2.45, 2.75) is 26.3 Å². The Morgan fingerprint density at radius 3 is 2.66 bits per heavy atom. The number of hydrogen-bond acceptors (Lipinski definition) is 5. The first-order chi connectivity index (χ1) is 14.0.